The first-order chi connectivity index (χ1) is 7.27. The van der Waals surface area contributed by atoms with E-state index in [1.54, 1.807) is 0 Å². The van der Waals surface area contributed by atoms with Gasteiger partial charge in [-0.25, -0.2) is 0 Å². The van der Waals surface area contributed by atoms with Gasteiger partial charge in [-0.3, -0.25) is 4.79 Å². The van der Waals surface area contributed by atoms with Crippen molar-refractivity contribution >= 4 is 5.91 Å². The Morgan fingerprint density at radius 1 is 1.40 bits per heavy atom. The Morgan fingerprint density at radius 3 is 2.80 bits per heavy atom. The van der Waals surface area contributed by atoms with Crippen LogP contribution in [0.25, 0.3) is 0 Å². The van der Waals surface area contributed by atoms with Gasteiger partial charge < -0.3 is 16.4 Å². The molecule has 0 aliphatic heterocycles. The second-order valence-corrected chi connectivity index (χ2v) is 4.22. The molecule has 1 aliphatic rings. The van der Waals surface area contributed by atoms with Crippen molar-refractivity contribution < 1.29 is 4.79 Å². The normalized spacial score (nSPS) is 26.3. The summed E-state index contributed by atoms with van der Waals surface area (Å²) in [5.41, 5.74) is 5.72. The minimum absolute atomic E-state index is 0.0823. The Hall–Kier alpha value is -0.610. The highest BCUT2D eigenvalue weighted by atomic mass is 16.1. The molecule has 0 heterocycles. The van der Waals surface area contributed by atoms with Crippen LogP contribution in [0.4, 0.5) is 0 Å². The van der Waals surface area contributed by atoms with Gasteiger partial charge in [-0.15, -0.1) is 0 Å². The first-order valence-electron chi connectivity index (χ1n) is 5.98. The second kappa shape index (κ2) is 6.80. The summed E-state index contributed by atoms with van der Waals surface area (Å²) in [5.74, 6) is 0.632. The summed E-state index contributed by atoms with van der Waals surface area (Å²) in [4.78, 5) is 11.3. The van der Waals surface area contributed by atoms with Gasteiger partial charge in [0.25, 0.3) is 0 Å². The largest absolute Gasteiger partial charge is 0.355 e. The van der Waals surface area contributed by atoms with Gasteiger partial charge in [0.2, 0.25) is 5.91 Å². The third kappa shape index (κ3) is 4.18. The van der Waals surface area contributed by atoms with Crippen LogP contribution in [0.15, 0.2) is 0 Å². The average Bonchev–Trinajstić information content (AvgIpc) is 2.27. The molecule has 4 heteroatoms. The molecule has 0 spiro atoms. The van der Waals surface area contributed by atoms with Crippen molar-refractivity contribution in [2.45, 2.75) is 38.6 Å². The number of hydrogen-bond acceptors (Lipinski definition) is 3. The van der Waals surface area contributed by atoms with Crippen LogP contribution >= 0.6 is 0 Å². The first-order valence-corrected chi connectivity index (χ1v) is 5.98. The second-order valence-electron chi connectivity index (χ2n) is 4.22. The van der Waals surface area contributed by atoms with Gasteiger partial charge in [0.15, 0.2) is 0 Å². The van der Waals surface area contributed by atoms with Crippen LogP contribution in [0, 0.1) is 5.92 Å². The molecule has 4 N–H and O–H groups in total. The van der Waals surface area contributed by atoms with Crippen molar-refractivity contribution in [3.8, 4) is 0 Å². The van der Waals surface area contributed by atoms with Crippen molar-refractivity contribution in [2.75, 3.05) is 19.6 Å². The van der Waals surface area contributed by atoms with E-state index in [1.165, 1.54) is 19.3 Å². The predicted molar refractivity (Wildman–Crippen MR) is 61.5 cm³/mol. The zero-order chi connectivity index (χ0) is 11.1. The monoisotopic (exact) mass is 213 g/mol. The third-order valence-corrected chi connectivity index (χ3v) is 3.11. The maximum absolute atomic E-state index is 11.3. The minimum atomic E-state index is 0.0823. The topological polar surface area (TPSA) is 67.2 Å². The van der Waals surface area contributed by atoms with Crippen LogP contribution in [-0.4, -0.2) is 31.6 Å². The molecular weight excluding hydrogens is 190 g/mol. The van der Waals surface area contributed by atoms with Crippen LogP contribution in [0.2, 0.25) is 0 Å². The van der Waals surface area contributed by atoms with Gasteiger partial charge in [-0.05, 0) is 32.2 Å². The summed E-state index contributed by atoms with van der Waals surface area (Å²) in [6.45, 7) is 3.79. The number of nitrogens with two attached hydrogens (primary N) is 1. The first kappa shape index (κ1) is 12.5. The van der Waals surface area contributed by atoms with Crippen LogP contribution in [0.5, 0.6) is 0 Å². The van der Waals surface area contributed by atoms with Gasteiger partial charge >= 0.3 is 0 Å². The smallest absolute Gasteiger partial charge is 0.233 e. The van der Waals surface area contributed by atoms with Gasteiger partial charge in [0.1, 0.15) is 0 Å². The van der Waals surface area contributed by atoms with Crippen molar-refractivity contribution in [1.82, 2.24) is 10.6 Å². The lowest BCUT2D eigenvalue weighted by Gasteiger charge is -2.31. The van der Waals surface area contributed by atoms with Crippen LogP contribution in [-0.2, 0) is 4.79 Å². The summed E-state index contributed by atoms with van der Waals surface area (Å²) >= 11 is 0. The number of carbonyl (C=O) groups is 1. The number of likely N-dealkylation sites (N-methyl/N-ethyl adjacent to an activating group) is 1. The zero-order valence-corrected chi connectivity index (χ0v) is 9.59. The Bertz CT molecular complexity index is 196. The SMILES string of the molecule is CCNC(=O)CNC1CCCCC1CN. The third-order valence-electron chi connectivity index (χ3n) is 3.11. The fourth-order valence-corrected chi connectivity index (χ4v) is 2.24. The van der Waals surface area contributed by atoms with Crippen molar-refractivity contribution in [3.63, 3.8) is 0 Å². The fraction of sp³-hybridized carbons (Fsp3) is 0.909. The number of carbonyl (C=O) groups excluding carboxylic acids is 1. The van der Waals surface area contributed by atoms with Crippen LogP contribution in [0.1, 0.15) is 32.6 Å². The quantitative estimate of drug-likeness (QED) is 0.612. The summed E-state index contributed by atoms with van der Waals surface area (Å²) < 4.78 is 0. The molecule has 0 aromatic carbocycles. The standard InChI is InChI=1S/C11H23N3O/c1-2-13-11(15)8-14-10-6-4-3-5-9(10)7-12/h9-10,14H,2-8,12H2,1H3,(H,13,15). The molecule has 2 unspecified atom stereocenters. The summed E-state index contributed by atoms with van der Waals surface area (Å²) in [6, 6.07) is 0.436. The van der Waals surface area contributed by atoms with E-state index in [0.29, 0.717) is 25.0 Å². The zero-order valence-electron chi connectivity index (χ0n) is 9.59. The number of rotatable bonds is 5. The van der Waals surface area contributed by atoms with Crippen LogP contribution < -0.4 is 16.4 Å². The molecule has 1 fully saturated rings. The lowest BCUT2D eigenvalue weighted by molar-refractivity contribution is -0.120. The molecule has 4 nitrogen and oxygen atoms in total. The maximum atomic E-state index is 11.3. The van der Waals surface area contributed by atoms with Gasteiger partial charge in [-0.1, -0.05) is 12.8 Å². The van der Waals surface area contributed by atoms with Crippen molar-refractivity contribution in [3.05, 3.63) is 0 Å². The Balaban J connectivity index is 2.26. The minimum Gasteiger partial charge on any atom is -0.355 e. The molecule has 0 saturated heterocycles. The molecule has 1 rings (SSSR count). The van der Waals surface area contributed by atoms with E-state index in [-0.39, 0.29) is 5.91 Å². The summed E-state index contributed by atoms with van der Waals surface area (Å²) in [7, 11) is 0. The molecule has 0 bridgehead atoms. The molecule has 0 radical (unpaired) electrons. The van der Waals surface area contributed by atoms with Gasteiger partial charge in [0.05, 0.1) is 6.54 Å². The summed E-state index contributed by atoms with van der Waals surface area (Å²) in [6.07, 6.45) is 4.88. The molecule has 0 aromatic rings. The maximum Gasteiger partial charge on any atom is 0.233 e. The highest BCUT2D eigenvalue weighted by Gasteiger charge is 2.23. The predicted octanol–water partition coefficient (Wildman–Crippen LogP) is 0.230. The van der Waals surface area contributed by atoms with Gasteiger partial charge in [0, 0.05) is 12.6 Å². The number of amides is 1. The van der Waals surface area contributed by atoms with E-state index < -0.39 is 0 Å². The molecule has 2 atom stereocenters. The van der Waals surface area contributed by atoms with Crippen molar-refractivity contribution in [2.24, 2.45) is 11.7 Å². The number of nitrogens with one attached hydrogen (secondary N) is 2. The van der Waals surface area contributed by atoms with Gasteiger partial charge in [-0.2, -0.15) is 0 Å². The fourth-order valence-electron chi connectivity index (χ4n) is 2.24. The van der Waals surface area contributed by atoms with Crippen molar-refractivity contribution in [1.29, 1.82) is 0 Å². The lowest BCUT2D eigenvalue weighted by atomic mass is 9.84. The highest BCUT2D eigenvalue weighted by Crippen LogP contribution is 2.23. The molecule has 88 valence electrons. The van der Waals surface area contributed by atoms with E-state index in [1.807, 2.05) is 6.92 Å². The number of hydrogen-bond donors (Lipinski definition) is 3. The highest BCUT2D eigenvalue weighted by molar-refractivity contribution is 5.77. The average molecular weight is 213 g/mol. The molecule has 1 amide bonds. The van der Waals surface area contributed by atoms with Crippen LogP contribution in [0.3, 0.4) is 0 Å². The van der Waals surface area contributed by atoms with E-state index in [9.17, 15) is 4.79 Å². The molecule has 15 heavy (non-hydrogen) atoms. The molecule has 1 aliphatic carbocycles. The summed E-state index contributed by atoms with van der Waals surface area (Å²) in [5, 5.41) is 6.10. The molecular formula is C11H23N3O. The Kier molecular flexibility index (Phi) is 5.65. The molecule has 1 saturated carbocycles. The lowest BCUT2D eigenvalue weighted by Crippen LogP contribution is -2.46. The molecule has 0 aromatic heterocycles. The van der Waals surface area contributed by atoms with E-state index in [2.05, 4.69) is 10.6 Å². The Labute approximate surface area is 92.0 Å². The van der Waals surface area contributed by atoms with E-state index >= 15 is 0 Å². The van der Waals surface area contributed by atoms with E-state index in [4.69, 9.17) is 5.73 Å². The Morgan fingerprint density at radius 2 is 2.13 bits per heavy atom. The van der Waals surface area contributed by atoms with E-state index in [0.717, 1.165) is 13.0 Å².